The fraction of sp³-hybridized carbons (Fsp3) is 0.130. The molecule has 0 spiro atoms. The highest BCUT2D eigenvalue weighted by Gasteiger charge is 2.11. The van der Waals surface area contributed by atoms with Crippen LogP contribution in [0.4, 0.5) is 11.5 Å². The molecule has 0 bridgehead atoms. The highest BCUT2D eigenvalue weighted by molar-refractivity contribution is 5.70. The van der Waals surface area contributed by atoms with Crippen LogP contribution in [0.15, 0.2) is 73.2 Å². The van der Waals surface area contributed by atoms with Crippen LogP contribution in [0.1, 0.15) is 11.1 Å². The first-order chi connectivity index (χ1) is 14.2. The molecule has 29 heavy (non-hydrogen) atoms. The second-order valence-electron chi connectivity index (χ2n) is 6.61. The van der Waals surface area contributed by atoms with Crippen molar-refractivity contribution in [1.29, 1.82) is 0 Å². The molecule has 0 amide bonds. The topological polar surface area (TPSA) is 83.8 Å². The molecule has 4 rings (SSSR count). The van der Waals surface area contributed by atoms with Gasteiger partial charge >= 0.3 is 0 Å². The van der Waals surface area contributed by atoms with Gasteiger partial charge in [-0.3, -0.25) is 9.97 Å². The summed E-state index contributed by atoms with van der Waals surface area (Å²) in [5.41, 5.74) is 5.50. The second-order valence-corrected chi connectivity index (χ2v) is 6.61. The predicted octanol–water partition coefficient (Wildman–Crippen LogP) is 4.19. The second kappa shape index (κ2) is 8.58. The Bertz CT molecular complexity index is 1040. The van der Waals surface area contributed by atoms with E-state index in [1.807, 2.05) is 61.5 Å². The van der Waals surface area contributed by atoms with E-state index in [-0.39, 0.29) is 6.61 Å². The van der Waals surface area contributed by atoms with Gasteiger partial charge in [0, 0.05) is 42.5 Å². The van der Waals surface area contributed by atoms with Gasteiger partial charge in [-0.2, -0.15) is 0 Å². The van der Waals surface area contributed by atoms with E-state index in [0.29, 0.717) is 23.8 Å². The minimum absolute atomic E-state index is 0.118. The van der Waals surface area contributed by atoms with Crippen molar-refractivity contribution >= 4 is 11.5 Å². The normalized spacial score (nSPS) is 10.7. The Kier molecular flexibility index (Phi) is 5.54. The summed E-state index contributed by atoms with van der Waals surface area (Å²) in [7, 11) is 0. The monoisotopic (exact) mass is 383 g/mol. The SMILES string of the molecule is Cc1c(CCO)cccc1Nc1cc(-c2cccnc2)nc(-c2ccccn2)n1. The average Bonchev–Trinajstić information content (AvgIpc) is 2.78. The van der Waals surface area contributed by atoms with Gasteiger partial charge in [0.15, 0.2) is 5.82 Å². The molecule has 0 aliphatic rings. The molecule has 0 unspecified atom stereocenters. The van der Waals surface area contributed by atoms with E-state index in [2.05, 4.69) is 20.3 Å². The van der Waals surface area contributed by atoms with E-state index in [4.69, 9.17) is 4.98 Å². The molecule has 0 saturated carbocycles. The molecule has 1 aromatic carbocycles. The predicted molar refractivity (Wildman–Crippen MR) is 114 cm³/mol. The Morgan fingerprint density at radius 2 is 1.86 bits per heavy atom. The highest BCUT2D eigenvalue weighted by atomic mass is 16.2. The van der Waals surface area contributed by atoms with Gasteiger partial charge in [-0.05, 0) is 54.8 Å². The minimum Gasteiger partial charge on any atom is -0.396 e. The first-order valence-corrected chi connectivity index (χ1v) is 9.42. The van der Waals surface area contributed by atoms with Gasteiger partial charge in [-0.15, -0.1) is 0 Å². The molecule has 0 atom stereocenters. The Balaban J connectivity index is 1.78. The number of rotatable bonds is 6. The maximum absolute atomic E-state index is 9.30. The zero-order valence-corrected chi connectivity index (χ0v) is 16.1. The van der Waals surface area contributed by atoms with Crippen LogP contribution in [0.3, 0.4) is 0 Å². The molecule has 0 radical (unpaired) electrons. The largest absolute Gasteiger partial charge is 0.396 e. The molecule has 3 heterocycles. The van der Waals surface area contributed by atoms with E-state index in [9.17, 15) is 5.11 Å². The summed E-state index contributed by atoms with van der Waals surface area (Å²) in [4.78, 5) is 18.0. The molecule has 144 valence electrons. The Morgan fingerprint density at radius 3 is 2.62 bits per heavy atom. The lowest BCUT2D eigenvalue weighted by molar-refractivity contribution is 0.299. The van der Waals surface area contributed by atoms with Crippen LogP contribution in [0.2, 0.25) is 0 Å². The standard InChI is InChI=1S/C23H21N5O/c1-16-17(10-13-29)6-4-9-19(16)26-22-14-21(18-7-5-11-24-15-18)27-23(28-22)20-8-2-3-12-25-20/h2-9,11-12,14-15,29H,10,13H2,1H3,(H,26,27,28). The van der Waals surface area contributed by atoms with Crippen LogP contribution in [-0.4, -0.2) is 31.6 Å². The Morgan fingerprint density at radius 1 is 0.931 bits per heavy atom. The van der Waals surface area contributed by atoms with Crippen molar-refractivity contribution < 1.29 is 5.11 Å². The zero-order chi connectivity index (χ0) is 20.1. The molecule has 0 fully saturated rings. The maximum atomic E-state index is 9.30. The molecule has 0 aliphatic carbocycles. The average molecular weight is 383 g/mol. The van der Waals surface area contributed by atoms with Crippen molar-refractivity contribution in [2.75, 3.05) is 11.9 Å². The molecular weight excluding hydrogens is 362 g/mol. The van der Waals surface area contributed by atoms with Crippen LogP contribution >= 0.6 is 0 Å². The lowest BCUT2D eigenvalue weighted by Crippen LogP contribution is -2.03. The third-order valence-corrected chi connectivity index (χ3v) is 4.67. The van der Waals surface area contributed by atoms with E-state index in [0.717, 1.165) is 28.1 Å². The number of anilines is 2. The number of aliphatic hydroxyl groups excluding tert-OH is 1. The fourth-order valence-electron chi connectivity index (χ4n) is 3.13. The number of nitrogens with zero attached hydrogens (tertiary/aromatic N) is 4. The fourth-order valence-corrected chi connectivity index (χ4v) is 3.13. The summed E-state index contributed by atoms with van der Waals surface area (Å²) >= 11 is 0. The quantitative estimate of drug-likeness (QED) is 0.519. The van der Waals surface area contributed by atoms with E-state index >= 15 is 0 Å². The third-order valence-electron chi connectivity index (χ3n) is 4.67. The summed E-state index contributed by atoms with van der Waals surface area (Å²) in [5.74, 6) is 1.21. The van der Waals surface area contributed by atoms with Gasteiger partial charge < -0.3 is 10.4 Å². The Hall–Kier alpha value is -3.64. The van der Waals surface area contributed by atoms with Gasteiger partial charge in [0.05, 0.1) is 5.69 Å². The van der Waals surface area contributed by atoms with E-state index < -0.39 is 0 Å². The van der Waals surface area contributed by atoms with Crippen molar-refractivity contribution in [1.82, 2.24) is 19.9 Å². The van der Waals surface area contributed by atoms with Gasteiger partial charge in [-0.25, -0.2) is 9.97 Å². The highest BCUT2D eigenvalue weighted by Crippen LogP contribution is 2.27. The van der Waals surface area contributed by atoms with E-state index in [1.54, 1.807) is 18.6 Å². The van der Waals surface area contributed by atoms with Crippen molar-refractivity contribution in [3.05, 3.63) is 84.3 Å². The summed E-state index contributed by atoms with van der Waals surface area (Å²) in [6.45, 7) is 2.16. The minimum atomic E-state index is 0.118. The molecule has 4 aromatic rings. The third kappa shape index (κ3) is 4.28. The van der Waals surface area contributed by atoms with Crippen LogP contribution in [0.25, 0.3) is 22.8 Å². The van der Waals surface area contributed by atoms with Crippen LogP contribution in [0, 0.1) is 6.92 Å². The summed E-state index contributed by atoms with van der Waals surface area (Å²) in [6.07, 6.45) is 5.86. The van der Waals surface area contributed by atoms with Crippen molar-refractivity contribution in [3.8, 4) is 22.8 Å². The number of benzene rings is 1. The molecule has 6 heteroatoms. The molecule has 3 aromatic heterocycles. The van der Waals surface area contributed by atoms with Crippen molar-refractivity contribution in [3.63, 3.8) is 0 Å². The smallest absolute Gasteiger partial charge is 0.180 e. The van der Waals surface area contributed by atoms with Gasteiger partial charge in [-0.1, -0.05) is 18.2 Å². The molecule has 6 nitrogen and oxygen atoms in total. The molecular formula is C23H21N5O. The number of aliphatic hydroxyl groups is 1. The maximum Gasteiger partial charge on any atom is 0.180 e. The van der Waals surface area contributed by atoms with E-state index in [1.165, 1.54) is 0 Å². The number of hydrogen-bond donors (Lipinski definition) is 2. The number of aromatic nitrogens is 4. The van der Waals surface area contributed by atoms with Crippen LogP contribution < -0.4 is 5.32 Å². The first-order valence-electron chi connectivity index (χ1n) is 9.42. The summed E-state index contributed by atoms with van der Waals surface area (Å²) in [5, 5.41) is 12.7. The summed E-state index contributed by atoms with van der Waals surface area (Å²) in [6, 6.07) is 17.4. The number of nitrogens with one attached hydrogen (secondary N) is 1. The molecule has 0 saturated heterocycles. The van der Waals surface area contributed by atoms with Gasteiger partial charge in [0.25, 0.3) is 0 Å². The number of pyridine rings is 2. The number of hydrogen-bond acceptors (Lipinski definition) is 6. The lowest BCUT2D eigenvalue weighted by Gasteiger charge is -2.14. The molecule has 0 aliphatic heterocycles. The van der Waals surface area contributed by atoms with Crippen LogP contribution in [-0.2, 0) is 6.42 Å². The molecule has 2 N–H and O–H groups in total. The van der Waals surface area contributed by atoms with Crippen LogP contribution in [0.5, 0.6) is 0 Å². The lowest BCUT2D eigenvalue weighted by atomic mass is 10.0. The first kappa shape index (κ1) is 18.7. The summed E-state index contributed by atoms with van der Waals surface area (Å²) < 4.78 is 0. The zero-order valence-electron chi connectivity index (χ0n) is 16.1. The van der Waals surface area contributed by atoms with Gasteiger partial charge in [0.2, 0.25) is 0 Å². The Labute approximate surface area is 169 Å². The van der Waals surface area contributed by atoms with Crippen molar-refractivity contribution in [2.24, 2.45) is 0 Å². The van der Waals surface area contributed by atoms with Gasteiger partial charge in [0.1, 0.15) is 11.5 Å². The van der Waals surface area contributed by atoms with Crippen molar-refractivity contribution in [2.45, 2.75) is 13.3 Å².